The number of nitrogens with zero attached hydrogens (tertiary/aromatic N) is 3. The largest absolute Gasteiger partial charge is 0.350 e. The predicted octanol–water partition coefficient (Wildman–Crippen LogP) is 4.66. The minimum Gasteiger partial charge on any atom is -0.350 e. The lowest BCUT2D eigenvalue weighted by atomic mass is 10.1. The van der Waals surface area contributed by atoms with Gasteiger partial charge in [0.2, 0.25) is 0 Å². The molecule has 1 aromatic heterocycles. The Morgan fingerprint density at radius 2 is 1.93 bits per heavy atom. The van der Waals surface area contributed by atoms with Gasteiger partial charge in [0.05, 0.1) is 22.6 Å². The summed E-state index contributed by atoms with van der Waals surface area (Å²) in [6.45, 7) is 3.39. The van der Waals surface area contributed by atoms with Crippen LogP contribution in [-0.4, -0.2) is 22.6 Å². The molecule has 0 fully saturated rings. The number of benzene rings is 2. The maximum atomic E-state index is 6.12. The number of imidazole rings is 1. The van der Waals surface area contributed by atoms with E-state index in [1.54, 1.807) is 13.1 Å². The van der Waals surface area contributed by atoms with E-state index in [0.29, 0.717) is 22.5 Å². The summed E-state index contributed by atoms with van der Waals surface area (Å²) < 4.78 is 2.12. The Balaban J connectivity index is 1.60. The van der Waals surface area contributed by atoms with Crippen molar-refractivity contribution in [3.8, 4) is 0 Å². The van der Waals surface area contributed by atoms with Crippen molar-refractivity contribution >= 4 is 29.2 Å². The van der Waals surface area contributed by atoms with Crippen molar-refractivity contribution in [3.63, 3.8) is 0 Å². The molecule has 0 aliphatic heterocycles. The molecule has 2 aromatic carbocycles. The molecule has 0 saturated carbocycles. The Kier molecular flexibility index (Phi) is 6.95. The average Bonchev–Trinajstić information content (AvgIpc) is 3.14. The van der Waals surface area contributed by atoms with Crippen molar-refractivity contribution in [2.75, 3.05) is 7.05 Å². The lowest BCUT2D eigenvalue weighted by Gasteiger charge is -2.19. The Labute approximate surface area is 175 Å². The lowest BCUT2D eigenvalue weighted by Crippen LogP contribution is -2.38. The van der Waals surface area contributed by atoms with Gasteiger partial charge in [-0.15, -0.1) is 0 Å². The van der Waals surface area contributed by atoms with Gasteiger partial charge in [-0.1, -0.05) is 59.6 Å². The van der Waals surface area contributed by atoms with E-state index < -0.39 is 0 Å². The average molecular weight is 416 g/mol. The summed E-state index contributed by atoms with van der Waals surface area (Å²) in [7, 11) is 1.74. The van der Waals surface area contributed by atoms with Crippen LogP contribution in [0.5, 0.6) is 0 Å². The van der Waals surface area contributed by atoms with Crippen molar-refractivity contribution in [1.82, 2.24) is 20.2 Å². The third kappa shape index (κ3) is 5.27. The van der Waals surface area contributed by atoms with Gasteiger partial charge in [0.25, 0.3) is 0 Å². The molecule has 5 nitrogen and oxygen atoms in total. The van der Waals surface area contributed by atoms with Crippen molar-refractivity contribution in [1.29, 1.82) is 0 Å². The van der Waals surface area contributed by atoms with Crippen molar-refractivity contribution in [3.05, 3.63) is 87.9 Å². The molecule has 0 amide bonds. The number of rotatable bonds is 6. The second-order valence-electron chi connectivity index (χ2n) is 6.42. The molecular formula is C21H23Cl2N5. The molecule has 1 heterocycles. The Hall–Kier alpha value is -2.50. The van der Waals surface area contributed by atoms with Crippen molar-refractivity contribution < 1.29 is 0 Å². The van der Waals surface area contributed by atoms with Gasteiger partial charge in [-0.25, -0.2) is 4.98 Å². The summed E-state index contributed by atoms with van der Waals surface area (Å²) in [5, 5.41) is 7.77. The molecule has 0 radical (unpaired) electrons. The second-order valence-corrected chi connectivity index (χ2v) is 7.24. The van der Waals surface area contributed by atoms with Gasteiger partial charge < -0.3 is 15.2 Å². The first kappa shape index (κ1) is 20.2. The zero-order chi connectivity index (χ0) is 19.9. The number of hydrogen-bond donors (Lipinski definition) is 2. The number of aromatic nitrogens is 2. The first-order valence-corrected chi connectivity index (χ1v) is 9.78. The number of aliphatic imine (C=N–C) groups is 1. The Morgan fingerprint density at radius 3 is 2.64 bits per heavy atom. The van der Waals surface area contributed by atoms with Crippen LogP contribution in [0.3, 0.4) is 0 Å². The third-order valence-electron chi connectivity index (χ3n) is 4.43. The van der Waals surface area contributed by atoms with E-state index in [1.165, 1.54) is 5.56 Å². The number of hydrogen-bond acceptors (Lipinski definition) is 2. The van der Waals surface area contributed by atoms with E-state index >= 15 is 0 Å². The fourth-order valence-corrected chi connectivity index (χ4v) is 3.17. The molecular weight excluding hydrogens is 393 g/mol. The minimum absolute atomic E-state index is 0.0185. The van der Waals surface area contributed by atoms with Crippen LogP contribution in [0.1, 0.15) is 29.9 Å². The van der Waals surface area contributed by atoms with Crippen LogP contribution in [0.15, 0.2) is 65.9 Å². The molecule has 28 heavy (non-hydrogen) atoms. The normalized spacial score (nSPS) is 12.6. The zero-order valence-electron chi connectivity index (χ0n) is 15.9. The van der Waals surface area contributed by atoms with Crippen LogP contribution in [0.2, 0.25) is 10.0 Å². The van der Waals surface area contributed by atoms with E-state index in [2.05, 4.69) is 37.3 Å². The molecule has 2 N–H and O–H groups in total. The van der Waals surface area contributed by atoms with Gasteiger partial charge in [-0.3, -0.25) is 4.99 Å². The van der Waals surface area contributed by atoms with Gasteiger partial charge in [0.15, 0.2) is 5.96 Å². The molecule has 0 aliphatic carbocycles. The molecule has 1 unspecified atom stereocenters. The first-order chi connectivity index (χ1) is 13.6. The Morgan fingerprint density at radius 1 is 1.14 bits per heavy atom. The van der Waals surface area contributed by atoms with E-state index in [-0.39, 0.29) is 6.04 Å². The summed E-state index contributed by atoms with van der Waals surface area (Å²) >= 11 is 12.1. The topological polar surface area (TPSA) is 54.2 Å². The smallest absolute Gasteiger partial charge is 0.191 e. The molecule has 7 heteroatoms. The fraction of sp³-hybridized carbons (Fsp3) is 0.238. The molecule has 0 bridgehead atoms. The number of nitrogens with one attached hydrogen (secondary N) is 2. The highest BCUT2D eigenvalue weighted by Gasteiger charge is 2.11. The first-order valence-electron chi connectivity index (χ1n) is 9.03. The van der Waals surface area contributed by atoms with Crippen LogP contribution in [0.4, 0.5) is 0 Å². The SMILES string of the molecule is CN=C(NCc1nccn1Cc1ccccc1)NC(C)c1ccc(Cl)c(Cl)c1. The lowest BCUT2D eigenvalue weighted by molar-refractivity contribution is 0.658. The molecule has 1 atom stereocenters. The summed E-state index contributed by atoms with van der Waals surface area (Å²) in [5.41, 5.74) is 2.26. The molecule has 3 rings (SSSR count). The van der Waals surface area contributed by atoms with Gasteiger partial charge >= 0.3 is 0 Å². The van der Waals surface area contributed by atoms with E-state index in [9.17, 15) is 0 Å². The standard InChI is InChI=1S/C21H23Cl2N5/c1-15(17-8-9-18(22)19(23)12-17)27-21(24-2)26-13-20-25-10-11-28(20)14-16-6-4-3-5-7-16/h3-12,15H,13-14H2,1-2H3,(H2,24,26,27). The Bertz CT molecular complexity index is 937. The van der Waals surface area contributed by atoms with Gasteiger partial charge in [0.1, 0.15) is 5.82 Å². The minimum atomic E-state index is 0.0185. The highest BCUT2D eigenvalue weighted by Crippen LogP contribution is 2.25. The molecule has 0 saturated heterocycles. The van der Waals surface area contributed by atoms with Gasteiger partial charge in [-0.2, -0.15) is 0 Å². The summed E-state index contributed by atoms with van der Waals surface area (Å²) in [5.74, 6) is 1.63. The van der Waals surface area contributed by atoms with Crippen molar-refractivity contribution in [2.24, 2.45) is 4.99 Å². The highest BCUT2D eigenvalue weighted by molar-refractivity contribution is 6.42. The van der Waals surface area contributed by atoms with Crippen LogP contribution >= 0.6 is 23.2 Å². The number of halogens is 2. The van der Waals surface area contributed by atoms with Crippen molar-refractivity contribution in [2.45, 2.75) is 26.1 Å². The fourth-order valence-electron chi connectivity index (χ4n) is 2.86. The highest BCUT2D eigenvalue weighted by atomic mass is 35.5. The van der Waals surface area contributed by atoms with Crippen LogP contribution in [0.25, 0.3) is 0 Å². The predicted molar refractivity (Wildman–Crippen MR) is 116 cm³/mol. The van der Waals surface area contributed by atoms with E-state index in [4.69, 9.17) is 23.2 Å². The molecule has 0 spiro atoms. The number of guanidine groups is 1. The summed E-state index contributed by atoms with van der Waals surface area (Å²) in [6, 6.07) is 15.9. The van der Waals surface area contributed by atoms with E-state index in [0.717, 1.165) is 17.9 Å². The molecule has 146 valence electrons. The monoisotopic (exact) mass is 415 g/mol. The summed E-state index contributed by atoms with van der Waals surface area (Å²) in [4.78, 5) is 8.77. The quantitative estimate of drug-likeness (QED) is 0.454. The molecule has 3 aromatic rings. The van der Waals surface area contributed by atoms with Gasteiger partial charge in [0, 0.05) is 26.0 Å². The van der Waals surface area contributed by atoms with Crippen LogP contribution < -0.4 is 10.6 Å². The van der Waals surface area contributed by atoms with E-state index in [1.807, 2.05) is 49.6 Å². The zero-order valence-corrected chi connectivity index (χ0v) is 17.4. The van der Waals surface area contributed by atoms with Crippen LogP contribution in [-0.2, 0) is 13.1 Å². The molecule has 0 aliphatic rings. The van der Waals surface area contributed by atoms with Crippen LogP contribution in [0, 0.1) is 0 Å². The summed E-state index contributed by atoms with van der Waals surface area (Å²) in [6.07, 6.45) is 3.80. The second kappa shape index (κ2) is 9.62. The third-order valence-corrected chi connectivity index (χ3v) is 5.17. The maximum Gasteiger partial charge on any atom is 0.191 e. The van der Waals surface area contributed by atoms with Gasteiger partial charge in [-0.05, 0) is 30.2 Å². The maximum absolute atomic E-state index is 6.12.